The molecule has 0 aromatic heterocycles. The molecule has 2 aliphatic rings. The van der Waals surface area contributed by atoms with Crippen molar-refractivity contribution in [2.75, 3.05) is 10.7 Å². The number of carboxylic acids is 1. The molecule has 0 radical (unpaired) electrons. The van der Waals surface area contributed by atoms with E-state index >= 15 is 0 Å². The molecule has 0 saturated carbocycles. The second-order valence-corrected chi connectivity index (χ2v) is 7.64. The number of hydrogen-bond acceptors (Lipinski definition) is 7. The van der Waals surface area contributed by atoms with Gasteiger partial charge in [-0.15, -0.1) is 0 Å². The number of nitrogens with one attached hydrogen (secondary N) is 3. The summed E-state index contributed by atoms with van der Waals surface area (Å²) in [5, 5.41) is 19.7. The van der Waals surface area contributed by atoms with Gasteiger partial charge >= 0.3 is 5.97 Å². The van der Waals surface area contributed by atoms with E-state index in [0.29, 0.717) is 22.6 Å². The molecule has 1 atom stereocenters. The van der Waals surface area contributed by atoms with E-state index in [9.17, 15) is 14.4 Å². The molecule has 4 N–H and O–H groups in total. The molecule has 0 bridgehead atoms. The van der Waals surface area contributed by atoms with Crippen molar-refractivity contribution in [2.24, 2.45) is 10.2 Å². The van der Waals surface area contributed by atoms with Gasteiger partial charge in [-0.3, -0.25) is 15.0 Å². The zero-order valence-corrected chi connectivity index (χ0v) is 15.9. The lowest BCUT2D eigenvalue weighted by Crippen LogP contribution is -2.29. The number of aromatic carboxylic acids is 1. The van der Waals surface area contributed by atoms with Crippen molar-refractivity contribution in [1.82, 2.24) is 5.43 Å². The van der Waals surface area contributed by atoms with Crippen LogP contribution in [0.3, 0.4) is 0 Å². The molecular weight excluding hydrogens is 394 g/mol. The first-order valence-electron chi connectivity index (χ1n) is 8.60. The smallest absolute Gasteiger partial charge is 0.335 e. The van der Waals surface area contributed by atoms with Crippen LogP contribution in [-0.4, -0.2) is 38.9 Å². The highest BCUT2D eigenvalue weighted by Gasteiger charge is 2.29. The van der Waals surface area contributed by atoms with Crippen LogP contribution in [0.1, 0.15) is 28.4 Å². The molecule has 1 unspecified atom stereocenters. The Bertz CT molecular complexity index is 1090. The number of thioether (sulfide) groups is 1. The standard InChI is InChI=1S/C19H15N5O4S/c1-9-15(22-24-19(28)29-9)11-4-7-14-13(8-11)16(17(25)20-14)23-21-12-5-2-10(3-6-12)18(26)27/h2-9,21H,1H3,(H,24,28)(H,26,27)(H,20,23,25). The average Bonchev–Trinajstić information content (AvgIpc) is 3.01. The zero-order chi connectivity index (χ0) is 20.5. The number of hydrogen-bond donors (Lipinski definition) is 4. The Hall–Kier alpha value is -3.66. The van der Waals surface area contributed by atoms with Crippen LogP contribution in [-0.2, 0) is 4.79 Å². The largest absolute Gasteiger partial charge is 0.478 e. The highest BCUT2D eigenvalue weighted by Crippen LogP contribution is 2.28. The van der Waals surface area contributed by atoms with Crippen LogP contribution in [0.4, 0.5) is 16.2 Å². The fourth-order valence-corrected chi connectivity index (χ4v) is 3.69. The summed E-state index contributed by atoms with van der Waals surface area (Å²) in [4.78, 5) is 34.7. The maximum absolute atomic E-state index is 12.3. The van der Waals surface area contributed by atoms with E-state index < -0.39 is 5.97 Å². The number of fused-ring (bicyclic) bond motifs is 1. The van der Waals surface area contributed by atoms with E-state index in [2.05, 4.69) is 26.4 Å². The Labute approximate surface area is 169 Å². The molecule has 10 heteroatoms. The van der Waals surface area contributed by atoms with E-state index in [0.717, 1.165) is 17.3 Å². The molecule has 0 saturated heterocycles. The van der Waals surface area contributed by atoms with Crippen molar-refractivity contribution in [3.05, 3.63) is 59.2 Å². The summed E-state index contributed by atoms with van der Waals surface area (Å²) in [6.45, 7) is 1.89. The van der Waals surface area contributed by atoms with Crippen LogP contribution < -0.4 is 16.2 Å². The van der Waals surface area contributed by atoms with Crippen LogP contribution in [0.15, 0.2) is 52.7 Å². The number of anilines is 2. The quantitative estimate of drug-likeness (QED) is 0.574. The van der Waals surface area contributed by atoms with Gasteiger partial charge in [0.1, 0.15) is 0 Å². The number of benzene rings is 2. The Balaban J connectivity index is 1.62. The van der Waals surface area contributed by atoms with Crippen molar-refractivity contribution >= 4 is 51.7 Å². The predicted molar refractivity (Wildman–Crippen MR) is 111 cm³/mol. The Morgan fingerprint density at radius 3 is 2.66 bits per heavy atom. The Morgan fingerprint density at radius 1 is 1.21 bits per heavy atom. The lowest BCUT2D eigenvalue weighted by atomic mass is 10.0. The second-order valence-electron chi connectivity index (χ2n) is 6.33. The van der Waals surface area contributed by atoms with Gasteiger partial charge in [0.15, 0.2) is 5.71 Å². The summed E-state index contributed by atoms with van der Waals surface area (Å²) in [5.74, 6) is -1.37. The van der Waals surface area contributed by atoms with Gasteiger partial charge in [-0.2, -0.15) is 10.2 Å². The maximum Gasteiger partial charge on any atom is 0.335 e. The molecule has 0 fully saturated rings. The predicted octanol–water partition coefficient (Wildman–Crippen LogP) is 2.70. The van der Waals surface area contributed by atoms with Crippen LogP contribution in [0.25, 0.3) is 0 Å². The molecule has 29 heavy (non-hydrogen) atoms. The fraction of sp³-hybridized carbons (Fsp3) is 0.105. The van der Waals surface area contributed by atoms with Crippen LogP contribution in [0.2, 0.25) is 0 Å². The van der Waals surface area contributed by atoms with Gasteiger partial charge in [0.25, 0.3) is 11.1 Å². The molecule has 2 amide bonds. The Kier molecular flexibility index (Phi) is 4.77. The number of amides is 2. The lowest BCUT2D eigenvalue weighted by molar-refractivity contribution is -0.110. The summed E-state index contributed by atoms with van der Waals surface area (Å²) in [6.07, 6.45) is 0. The molecule has 2 aromatic rings. The summed E-state index contributed by atoms with van der Waals surface area (Å²) < 4.78 is 0. The summed E-state index contributed by atoms with van der Waals surface area (Å²) >= 11 is 1.14. The van der Waals surface area contributed by atoms with E-state index in [4.69, 9.17) is 5.11 Å². The molecule has 0 spiro atoms. The first-order chi connectivity index (χ1) is 13.9. The van der Waals surface area contributed by atoms with Crippen LogP contribution >= 0.6 is 11.8 Å². The fourth-order valence-electron chi connectivity index (χ4n) is 2.97. The van der Waals surface area contributed by atoms with Gasteiger partial charge in [-0.25, -0.2) is 10.2 Å². The third-order valence-electron chi connectivity index (χ3n) is 4.40. The van der Waals surface area contributed by atoms with Gasteiger partial charge in [0, 0.05) is 5.56 Å². The molecule has 146 valence electrons. The molecular formula is C19H15N5O4S. The number of carbonyl (C=O) groups is 3. The van der Waals surface area contributed by atoms with Crippen molar-refractivity contribution in [3.8, 4) is 0 Å². The van der Waals surface area contributed by atoms with Crippen molar-refractivity contribution in [2.45, 2.75) is 12.2 Å². The number of hydrazone groups is 2. The molecule has 9 nitrogen and oxygen atoms in total. The number of carbonyl (C=O) groups excluding carboxylic acids is 2. The van der Waals surface area contributed by atoms with Crippen LogP contribution in [0.5, 0.6) is 0 Å². The summed E-state index contributed by atoms with van der Waals surface area (Å²) in [5.41, 5.74) is 8.85. The Morgan fingerprint density at radius 2 is 1.97 bits per heavy atom. The second kappa shape index (κ2) is 7.40. The van der Waals surface area contributed by atoms with Crippen molar-refractivity contribution in [3.63, 3.8) is 0 Å². The van der Waals surface area contributed by atoms with Crippen molar-refractivity contribution < 1.29 is 19.5 Å². The van der Waals surface area contributed by atoms with E-state index in [1.54, 1.807) is 24.3 Å². The van der Waals surface area contributed by atoms with Gasteiger partial charge in [-0.1, -0.05) is 17.8 Å². The van der Waals surface area contributed by atoms with Crippen molar-refractivity contribution in [1.29, 1.82) is 0 Å². The van der Waals surface area contributed by atoms with Gasteiger partial charge in [-0.05, 0) is 48.9 Å². The topological polar surface area (TPSA) is 132 Å². The molecule has 2 heterocycles. The summed E-state index contributed by atoms with van der Waals surface area (Å²) in [6, 6.07) is 11.4. The maximum atomic E-state index is 12.3. The van der Waals surface area contributed by atoms with Gasteiger partial charge in [0.05, 0.1) is 27.9 Å². The average molecular weight is 409 g/mol. The lowest BCUT2D eigenvalue weighted by Gasteiger charge is -2.18. The molecule has 4 rings (SSSR count). The number of rotatable bonds is 4. The zero-order valence-electron chi connectivity index (χ0n) is 15.1. The monoisotopic (exact) mass is 409 g/mol. The number of nitrogens with zero attached hydrogens (tertiary/aromatic N) is 2. The van der Waals surface area contributed by atoms with Gasteiger partial charge in [0.2, 0.25) is 0 Å². The van der Waals surface area contributed by atoms with E-state index in [-0.39, 0.29) is 27.7 Å². The molecule has 0 aliphatic carbocycles. The minimum absolute atomic E-state index is 0.127. The normalized spacial score (nSPS) is 19.3. The first-order valence-corrected chi connectivity index (χ1v) is 9.48. The minimum atomic E-state index is -1.02. The first kappa shape index (κ1) is 18.7. The SMILES string of the molecule is CC1SC(=O)NN=C1c1ccc2c(c1)C(=NNc1ccc(C(=O)O)cc1)C(=O)N2. The third kappa shape index (κ3) is 3.69. The highest BCUT2D eigenvalue weighted by atomic mass is 32.2. The van der Waals surface area contributed by atoms with E-state index in [1.807, 2.05) is 13.0 Å². The third-order valence-corrected chi connectivity index (χ3v) is 5.28. The minimum Gasteiger partial charge on any atom is -0.478 e. The highest BCUT2D eigenvalue weighted by molar-refractivity contribution is 8.14. The molecule has 2 aliphatic heterocycles. The molecule has 2 aromatic carbocycles. The van der Waals surface area contributed by atoms with Crippen LogP contribution in [0, 0.1) is 0 Å². The van der Waals surface area contributed by atoms with Gasteiger partial charge < -0.3 is 10.4 Å². The number of carboxylic acid groups (broad SMARTS) is 1. The van der Waals surface area contributed by atoms with E-state index in [1.165, 1.54) is 12.1 Å². The summed E-state index contributed by atoms with van der Waals surface area (Å²) in [7, 11) is 0.